The molecule has 3 aromatic rings. The fourth-order valence-corrected chi connectivity index (χ4v) is 4.52. The molecule has 0 amide bonds. The minimum absolute atomic E-state index is 0.0312. The van der Waals surface area contributed by atoms with E-state index in [9.17, 15) is 14.9 Å². The Morgan fingerprint density at radius 1 is 1.14 bits per heavy atom. The Kier molecular flexibility index (Phi) is 3.65. The van der Waals surface area contributed by atoms with Crippen LogP contribution < -0.4 is 5.32 Å². The summed E-state index contributed by atoms with van der Waals surface area (Å²) in [5, 5.41) is 14.5. The van der Waals surface area contributed by atoms with E-state index < -0.39 is 4.92 Å². The largest absolute Gasteiger partial charge is 0.329 e. The Bertz CT molecular complexity index is 1200. The molecule has 7 heteroatoms. The van der Waals surface area contributed by atoms with Crippen LogP contribution in [0, 0.1) is 15.5 Å². The van der Waals surface area contributed by atoms with Crippen molar-refractivity contribution in [3.05, 3.63) is 75.5 Å². The minimum atomic E-state index is -0.413. The van der Waals surface area contributed by atoms with E-state index in [-0.39, 0.29) is 22.9 Å². The Morgan fingerprint density at radius 2 is 1.86 bits per heavy atom. The number of hydrogen-bond acceptors (Lipinski definition) is 5. The maximum atomic E-state index is 13.2. The van der Waals surface area contributed by atoms with E-state index in [1.807, 2.05) is 28.8 Å². The molecular weight excluding hydrogens is 368 g/mol. The number of nitro benzene ring substituents is 1. The van der Waals surface area contributed by atoms with E-state index >= 15 is 0 Å². The highest BCUT2D eigenvalue weighted by Gasteiger charge is 2.41. The number of aromatic nitrogens is 2. The first-order valence-corrected chi connectivity index (χ1v) is 9.59. The normalized spacial score (nSPS) is 20.2. The van der Waals surface area contributed by atoms with Crippen molar-refractivity contribution in [2.45, 2.75) is 32.7 Å². The summed E-state index contributed by atoms with van der Waals surface area (Å²) in [4.78, 5) is 28.6. The summed E-state index contributed by atoms with van der Waals surface area (Å²) < 4.78 is 2.03. The number of nitro groups is 1. The van der Waals surface area contributed by atoms with Gasteiger partial charge in [0.1, 0.15) is 0 Å². The van der Waals surface area contributed by atoms with Crippen LogP contribution in [0.25, 0.3) is 11.0 Å². The smallest absolute Gasteiger partial charge is 0.269 e. The highest BCUT2D eigenvalue weighted by Crippen LogP contribution is 2.47. The van der Waals surface area contributed by atoms with Gasteiger partial charge in [0.2, 0.25) is 5.95 Å². The van der Waals surface area contributed by atoms with E-state index in [0.29, 0.717) is 12.4 Å². The molecule has 0 saturated heterocycles. The molecule has 5 rings (SSSR count). The van der Waals surface area contributed by atoms with Gasteiger partial charge in [0.05, 0.1) is 22.0 Å². The topological polar surface area (TPSA) is 90.1 Å². The summed E-state index contributed by atoms with van der Waals surface area (Å²) in [6.45, 7) is 4.18. The van der Waals surface area contributed by atoms with E-state index in [1.165, 1.54) is 12.1 Å². The number of para-hydroxylation sites is 2. The molecule has 0 fully saturated rings. The maximum Gasteiger partial charge on any atom is 0.269 e. The number of non-ortho nitro benzene ring substituents is 1. The molecule has 0 unspecified atom stereocenters. The summed E-state index contributed by atoms with van der Waals surface area (Å²) in [7, 11) is 0. The van der Waals surface area contributed by atoms with Crippen molar-refractivity contribution in [3.8, 4) is 0 Å². The Balaban J connectivity index is 1.75. The average molecular weight is 388 g/mol. The number of Topliss-reactive ketones (excluding diaryl/α,β-unsaturated/α-hetero) is 1. The number of rotatable bonds is 2. The molecule has 1 aliphatic heterocycles. The van der Waals surface area contributed by atoms with Gasteiger partial charge < -0.3 is 5.32 Å². The summed E-state index contributed by atoms with van der Waals surface area (Å²) in [5.74, 6) is 0.800. The molecule has 2 heterocycles. The fraction of sp³-hybridized carbons (Fsp3) is 0.273. The molecule has 1 N–H and O–H groups in total. The molecule has 0 saturated carbocycles. The zero-order valence-electron chi connectivity index (χ0n) is 16.2. The van der Waals surface area contributed by atoms with Gasteiger partial charge in [0, 0.05) is 29.8 Å². The van der Waals surface area contributed by atoms with Gasteiger partial charge in [-0.2, -0.15) is 0 Å². The zero-order valence-corrected chi connectivity index (χ0v) is 16.2. The first kappa shape index (κ1) is 17.6. The van der Waals surface area contributed by atoms with Crippen molar-refractivity contribution in [3.63, 3.8) is 0 Å². The van der Waals surface area contributed by atoms with Crippen LogP contribution in [0.5, 0.6) is 0 Å². The van der Waals surface area contributed by atoms with Gasteiger partial charge in [-0.1, -0.05) is 26.0 Å². The Labute approximate surface area is 167 Å². The van der Waals surface area contributed by atoms with Gasteiger partial charge in [-0.3, -0.25) is 19.5 Å². The van der Waals surface area contributed by atoms with Gasteiger partial charge in [-0.05, 0) is 41.7 Å². The van der Waals surface area contributed by atoms with Crippen LogP contribution in [0.2, 0.25) is 0 Å². The van der Waals surface area contributed by atoms with Gasteiger partial charge in [-0.25, -0.2) is 4.98 Å². The third-order valence-electron chi connectivity index (χ3n) is 5.73. The molecule has 7 nitrogen and oxygen atoms in total. The second-order valence-electron chi connectivity index (χ2n) is 8.50. The van der Waals surface area contributed by atoms with Gasteiger partial charge in [0.25, 0.3) is 5.69 Å². The Morgan fingerprint density at radius 3 is 2.59 bits per heavy atom. The molecule has 1 aromatic heterocycles. The van der Waals surface area contributed by atoms with Crippen LogP contribution in [-0.2, 0) is 4.79 Å². The SMILES string of the molecule is CC1(C)CC(=O)C2=C(C1)Nc1nc3ccccc3n1[C@H]2c1ccc([N+](=O)[O-])cc1. The molecule has 0 bridgehead atoms. The molecule has 1 atom stereocenters. The number of carbonyl (C=O) groups excluding carboxylic acids is 1. The van der Waals surface area contributed by atoms with Crippen molar-refractivity contribution >= 4 is 28.5 Å². The van der Waals surface area contributed by atoms with E-state index in [4.69, 9.17) is 4.98 Å². The van der Waals surface area contributed by atoms with Crippen molar-refractivity contribution in [2.24, 2.45) is 5.41 Å². The molecule has 0 radical (unpaired) electrons. The number of carbonyl (C=O) groups is 1. The monoisotopic (exact) mass is 388 g/mol. The number of anilines is 1. The van der Waals surface area contributed by atoms with Crippen LogP contribution in [0.3, 0.4) is 0 Å². The molecule has 2 aromatic carbocycles. The number of ketones is 1. The molecule has 2 aliphatic rings. The van der Waals surface area contributed by atoms with Crippen molar-refractivity contribution in [1.82, 2.24) is 9.55 Å². The first-order valence-electron chi connectivity index (χ1n) is 9.59. The number of allylic oxidation sites excluding steroid dienone is 2. The first-order chi connectivity index (χ1) is 13.8. The molecule has 29 heavy (non-hydrogen) atoms. The number of hydrogen-bond donors (Lipinski definition) is 1. The summed E-state index contributed by atoms with van der Waals surface area (Å²) in [5.41, 5.74) is 4.13. The summed E-state index contributed by atoms with van der Waals surface area (Å²) in [6.07, 6.45) is 1.22. The van der Waals surface area contributed by atoms with Crippen molar-refractivity contribution < 1.29 is 9.72 Å². The standard InChI is InChI=1S/C22H20N4O3/c1-22(2)11-16-19(18(27)12-22)20(13-7-9-14(10-8-13)26(28)29)25-17-6-4-3-5-15(17)23-21(25)24-16/h3-10,20H,11-12H2,1-2H3,(H,23,24)/t20-/m0/s1. The molecule has 1 aliphatic carbocycles. The number of nitrogens with zero attached hydrogens (tertiary/aromatic N) is 3. The molecule has 0 spiro atoms. The molecular formula is C22H20N4O3. The fourth-order valence-electron chi connectivity index (χ4n) is 4.52. The van der Waals surface area contributed by atoms with Crippen molar-refractivity contribution in [2.75, 3.05) is 5.32 Å². The van der Waals surface area contributed by atoms with E-state index in [0.717, 1.165) is 34.3 Å². The number of imidazole rings is 1. The average Bonchev–Trinajstić information content (AvgIpc) is 3.03. The quantitative estimate of drug-likeness (QED) is 0.512. The lowest BCUT2D eigenvalue weighted by atomic mass is 9.73. The lowest BCUT2D eigenvalue weighted by Gasteiger charge is -2.39. The highest BCUT2D eigenvalue weighted by atomic mass is 16.6. The lowest BCUT2D eigenvalue weighted by Crippen LogP contribution is -2.36. The van der Waals surface area contributed by atoms with Crippen LogP contribution in [0.15, 0.2) is 59.8 Å². The summed E-state index contributed by atoms with van der Waals surface area (Å²) in [6, 6.07) is 13.9. The number of fused-ring (bicyclic) bond motifs is 3. The molecule has 146 valence electrons. The maximum absolute atomic E-state index is 13.2. The van der Waals surface area contributed by atoms with Crippen LogP contribution in [-0.4, -0.2) is 20.3 Å². The zero-order chi connectivity index (χ0) is 20.3. The highest BCUT2D eigenvalue weighted by molar-refractivity contribution is 6.00. The van der Waals surface area contributed by atoms with Crippen LogP contribution in [0.1, 0.15) is 38.3 Å². The van der Waals surface area contributed by atoms with Gasteiger partial charge >= 0.3 is 0 Å². The van der Waals surface area contributed by atoms with Crippen molar-refractivity contribution in [1.29, 1.82) is 0 Å². The van der Waals surface area contributed by atoms with Crippen LogP contribution >= 0.6 is 0 Å². The second kappa shape index (κ2) is 6.01. The van der Waals surface area contributed by atoms with E-state index in [1.54, 1.807) is 12.1 Å². The van der Waals surface area contributed by atoms with Crippen LogP contribution in [0.4, 0.5) is 11.6 Å². The number of nitrogens with one attached hydrogen (secondary N) is 1. The summed E-state index contributed by atoms with van der Waals surface area (Å²) >= 11 is 0. The lowest BCUT2D eigenvalue weighted by molar-refractivity contribution is -0.384. The predicted molar refractivity (Wildman–Crippen MR) is 110 cm³/mol. The Hall–Kier alpha value is -3.48. The second-order valence-corrected chi connectivity index (χ2v) is 8.50. The minimum Gasteiger partial charge on any atom is -0.329 e. The third kappa shape index (κ3) is 2.73. The predicted octanol–water partition coefficient (Wildman–Crippen LogP) is 4.60. The van der Waals surface area contributed by atoms with Gasteiger partial charge in [-0.15, -0.1) is 0 Å². The van der Waals surface area contributed by atoms with E-state index in [2.05, 4.69) is 19.2 Å². The third-order valence-corrected chi connectivity index (χ3v) is 5.73. The van der Waals surface area contributed by atoms with Gasteiger partial charge in [0.15, 0.2) is 5.78 Å². The number of benzene rings is 2.